The molecule has 0 aliphatic heterocycles. The van der Waals surface area contributed by atoms with E-state index in [1.807, 2.05) is 24.3 Å². The summed E-state index contributed by atoms with van der Waals surface area (Å²) in [5, 5.41) is 15.5. The van der Waals surface area contributed by atoms with Crippen LogP contribution in [0.3, 0.4) is 0 Å². The number of fused-ring (bicyclic) bond motifs is 1. The predicted octanol–water partition coefficient (Wildman–Crippen LogP) is 1.31. The number of carbonyl (C=O) groups excluding carboxylic acids is 2. The molecular formula is C22H23N5O3. The Balaban J connectivity index is 1.97. The molecule has 1 atom stereocenters. The van der Waals surface area contributed by atoms with Gasteiger partial charge in [0.2, 0.25) is 6.41 Å². The van der Waals surface area contributed by atoms with E-state index in [-0.39, 0.29) is 5.69 Å². The van der Waals surface area contributed by atoms with Gasteiger partial charge in [0.05, 0.1) is 17.4 Å². The van der Waals surface area contributed by atoms with Crippen LogP contribution in [0.4, 0.5) is 0 Å². The topological polar surface area (TPSA) is 114 Å². The lowest BCUT2D eigenvalue weighted by Crippen LogP contribution is -2.29. The second kappa shape index (κ2) is 8.35. The number of primary amides is 1. The molecule has 3 rings (SSSR count). The first-order valence-electron chi connectivity index (χ1n) is 9.34. The van der Waals surface area contributed by atoms with Crippen molar-refractivity contribution in [2.24, 2.45) is 12.8 Å². The van der Waals surface area contributed by atoms with Crippen LogP contribution in [0.1, 0.15) is 29.4 Å². The second-order valence-corrected chi connectivity index (χ2v) is 7.36. The van der Waals surface area contributed by atoms with Crippen LogP contribution in [-0.2, 0) is 11.8 Å². The minimum absolute atomic E-state index is 0.153. The number of amides is 2. The average molecular weight is 405 g/mol. The molecule has 0 spiro atoms. The quantitative estimate of drug-likeness (QED) is 0.474. The number of aryl methyl sites for hydroxylation is 1. The van der Waals surface area contributed by atoms with E-state index >= 15 is 0 Å². The molecule has 0 bridgehead atoms. The molecule has 2 amide bonds. The number of hydrogen-bond donors (Lipinski definition) is 2. The van der Waals surface area contributed by atoms with E-state index in [0.717, 1.165) is 16.5 Å². The van der Waals surface area contributed by atoms with Crippen LogP contribution in [0.5, 0.6) is 0 Å². The number of carbonyl (C=O) groups is 2. The Morgan fingerprint density at radius 3 is 2.87 bits per heavy atom. The summed E-state index contributed by atoms with van der Waals surface area (Å²) in [6.07, 6.45) is 2.72. The Labute approximate surface area is 174 Å². The fourth-order valence-corrected chi connectivity index (χ4v) is 2.95. The molecule has 154 valence electrons. The molecule has 2 aromatic heterocycles. The van der Waals surface area contributed by atoms with Crippen LogP contribution >= 0.6 is 0 Å². The standard InChI is InChI=1S/C22H23N5O3/c1-22(30,9-10-26(2)14-28)8-7-15-5-4-6-16(11-15)20-17-13-24-27(3)19(17)12-18(25-20)21(23)29/h4-6,11-14,30H,9-10H2,1-3H3,(H2,23,29)/t22-/m0/s1. The molecule has 8 heteroatoms. The van der Waals surface area contributed by atoms with Crippen LogP contribution in [0.15, 0.2) is 36.5 Å². The van der Waals surface area contributed by atoms with E-state index in [1.54, 1.807) is 38.0 Å². The predicted molar refractivity (Wildman–Crippen MR) is 113 cm³/mol. The third-order valence-electron chi connectivity index (χ3n) is 4.74. The molecule has 3 aromatic rings. The van der Waals surface area contributed by atoms with Crippen molar-refractivity contribution in [2.45, 2.75) is 18.9 Å². The van der Waals surface area contributed by atoms with Gasteiger partial charge >= 0.3 is 0 Å². The Hall–Kier alpha value is -3.70. The molecule has 30 heavy (non-hydrogen) atoms. The van der Waals surface area contributed by atoms with Gasteiger partial charge in [-0.05, 0) is 25.1 Å². The largest absolute Gasteiger partial charge is 0.378 e. The first kappa shape index (κ1) is 21.0. The molecule has 3 N–H and O–H groups in total. The maximum Gasteiger partial charge on any atom is 0.267 e. The highest BCUT2D eigenvalue weighted by molar-refractivity contribution is 5.99. The van der Waals surface area contributed by atoms with Gasteiger partial charge < -0.3 is 15.7 Å². The summed E-state index contributed by atoms with van der Waals surface area (Å²) >= 11 is 0. The van der Waals surface area contributed by atoms with Gasteiger partial charge in [-0.15, -0.1) is 0 Å². The van der Waals surface area contributed by atoms with Gasteiger partial charge in [-0.2, -0.15) is 5.10 Å². The zero-order valence-electron chi connectivity index (χ0n) is 17.1. The fourth-order valence-electron chi connectivity index (χ4n) is 2.95. The van der Waals surface area contributed by atoms with Crippen molar-refractivity contribution in [3.8, 4) is 23.1 Å². The van der Waals surface area contributed by atoms with E-state index in [4.69, 9.17) is 5.73 Å². The number of benzene rings is 1. The van der Waals surface area contributed by atoms with Gasteiger partial charge in [-0.3, -0.25) is 14.3 Å². The molecule has 1 aromatic carbocycles. The third-order valence-corrected chi connectivity index (χ3v) is 4.74. The summed E-state index contributed by atoms with van der Waals surface area (Å²) < 4.78 is 1.66. The number of hydrogen-bond acceptors (Lipinski definition) is 5. The Morgan fingerprint density at radius 1 is 1.40 bits per heavy atom. The Kier molecular flexibility index (Phi) is 5.85. The lowest BCUT2D eigenvalue weighted by atomic mass is 10.0. The summed E-state index contributed by atoms with van der Waals surface area (Å²) in [5.41, 5.74) is 7.12. The van der Waals surface area contributed by atoms with Crippen LogP contribution in [0.2, 0.25) is 0 Å². The summed E-state index contributed by atoms with van der Waals surface area (Å²) in [5.74, 6) is 5.22. The van der Waals surface area contributed by atoms with Crippen molar-refractivity contribution in [1.29, 1.82) is 0 Å². The zero-order chi connectivity index (χ0) is 21.9. The van der Waals surface area contributed by atoms with Crippen molar-refractivity contribution < 1.29 is 14.7 Å². The molecule has 2 heterocycles. The molecule has 0 unspecified atom stereocenters. The van der Waals surface area contributed by atoms with Gasteiger partial charge in [-0.1, -0.05) is 24.0 Å². The third kappa shape index (κ3) is 4.64. The van der Waals surface area contributed by atoms with Crippen LogP contribution in [0.25, 0.3) is 22.2 Å². The number of rotatable bonds is 6. The van der Waals surface area contributed by atoms with E-state index in [0.29, 0.717) is 30.6 Å². The second-order valence-electron chi connectivity index (χ2n) is 7.36. The molecule has 0 aliphatic carbocycles. The number of pyridine rings is 1. The van der Waals surface area contributed by atoms with Crippen molar-refractivity contribution in [2.75, 3.05) is 13.6 Å². The summed E-state index contributed by atoms with van der Waals surface area (Å²) in [7, 11) is 3.43. The molecule has 0 saturated carbocycles. The number of nitrogens with zero attached hydrogens (tertiary/aromatic N) is 4. The van der Waals surface area contributed by atoms with Crippen molar-refractivity contribution in [3.05, 3.63) is 47.8 Å². The number of aliphatic hydroxyl groups is 1. The number of nitrogens with two attached hydrogens (primary N) is 1. The smallest absolute Gasteiger partial charge is 0.267 e. The molecule has 0 radical (unpaired) electrons. The van der Waals surface area contributed by atoms with Crippen LogP contribution in [-0.4, -0.2) is 56.3 Å². The van der Waals surface area contributed by atoms with E-state index < -0.39 is 11.5 Å². The molecule has 0 aliphatic rings. The van der Waals surface area contributed by atoms with Crippen LogP contribution < -0.4 is 5.73 Å². The Morgan fingerprint density at radius 2 is 2.17 bits per heavy atom. The van der Waals surface area contributed by atoms with Crippen molar-refractivity contribution in [1.82, 2.24) is 19.7 Å². The van der Waals surface area contributed by atoms with Gasteiger partial charge in [-0.25, -0.2) is 4.98 Å². The molecule has 0 fully saturated rings. The monoisotopic (exact) mass is 405 g/mol. The van der Waals surface area contributed by atoms with Crippen LogP contribution in [0, 0.1) is 11.8 Å². The fraction of sp³-hybridized carbons (Fsp3) is 0.273. The minimum Gasteiger partial charge on any atom is -0.378 e. The highest BCUT2D eigenvalue weighted by atomic mass is 16.3. The zero-order valence-corrected chi connectivity index (χ0v) is 17.1. The number of aromatic nitrogens is 3. The Bertz CT molecular complexity index is 1170. The maximum atomic E-state index is 11.7. The first-order valence-corrected chi connectivity index (χ1v) is 9.34. The summed E-state index contributed by atoms with van der Waals surface area (Å²) in [6, 6.07) is 8.96. The normalized spacial score (nSPS) is 12.7. The minimum atomic E-state index is -1.24. The average Bonchev–Trinajstić information content (AvgIpc) is 3.11. The van der Waals surface area contributed by atoms with Crippen molar-refractivity contribution >= 4 is 23.2 Å². The summed E-state index contributed by atoms with van der Waals surface area (Å²) in [4.78, 5) is 28.3. The van der Waals surface area contributed by atoms with Gasteiger partial charge in [0.25, 0.3) is 5.91 Å². The molecular weight excluding hydrogens is 382 g/mol. The van der Waals surface area contributed by atoms with E-state index in [2.05, 4.69) is 21.9 Å². The highest BCUT2D eigenvalue weighted by Crippen LogP contribution is 2.28. The highest BCUT2D eigenvalue weighted by Gasteiger charge is 2.17. The van der Waals surface area contributed by atoms with E-state index in [9.17, 15) is 14.7 Å². The van der Waals surface area contributed by atoms with Gasteiger partial charge in [0.15, 0.2) is 0 Å². The lowest BCUT2D eigenvalue weighted by Gasteiger charge is -2.19. The first-order chi connectivity index (χ1) is 14.2. The van der Waals surface area contributed by atoms with Gasteiger partial charge in [0, 0.05) is 43.6 Å². The molecule has 8 nitrogen and oxygen atoms in total. The molecule has 0 saturated heterocycles. The van der Waals surface area contributed by atoms with Crippen molar-refractivity contribution in [3.63, 3.8) is 0 Å². The maximum absolute atomic E-state index is 11.7. The SMILES string of the molecule is CN(C=O)CC[C@@](C)(O)C#Cc1cccc(-c2nc(C(N)=O)cc3c2cnn3C)c1. The van der Waals surface area contributed by atoms with E-state index in [1.165, 1.54) is 4.90 Å². The lowest BCUT2D eigenvalue weighted by molar-refractivity contribution is -0.117. The van der Waals surface area contributed by atoms with Gasteiger partial charge in [0.1, 0.15) is 11.3 Å². The summed E-state index contributed by atoms with van der Waals surface area (Å²) in [6.45, 7) is 2.01.